The molecule has 1 unspecified atom stereocenters. The van der Waals surface area contributed by atoms with E-state index in [1.54, 1.807) is 25.1 Å². The number of nitrogen functional groups attached to an aromatic ring is 1. The van der Waals surface area contributed by atoms with E-state index >= 15 is 0 Å². The lowest BCUT2D eigenvalue weighted by Crippen LogP contribution is -2.33. The summed E-state index contributed by atoms with van der Waals surface area (Å²) in [4.78, 5) is 30.2. The fourth-order valence-electron chi connectivity index (χ4n) is 3.16. The van der Waals surface area contributed by atoms with Gasteiger partial charge in [-0.2, -0.15) is 0 Å². The zero-order valence-electron chi connectivity index (χ0n) is 18.3. The van der Waals surface area contributed by atoms with Crippen LogP contribution in [0.2, 0.25) is 0 Å². The van der Waals surface area contributed by atoms with Crippen molar-refractivity contribution < 1.29 is 14.3 Å². The Bertz CT molecular complexity index is 867. The summed E-state index contributed by atoms with van der Waals surface area (Å²) >= 11 is 0. The number of nitrogens with two attached hydrogens (primary N) is 1. The molecule has 0 spiro atoms. The predicted molar refractivity (Wildman–Crippen MR) is 115 cm³/mol. The standard InChI is InChI=1S/C21H33N5O3/c1-14(9-8-12-23-20(28)29-21(2,3)4)13-26-17-15(18(27)25(5)6)10-7-11-16(17)24-19(26)22/h7,10-11,14H,8-9,12-13H2,1-6H3,(H2,22,24)(H,23,28). The van der Waals surface area contributed by atoms with Gasteiger partial charge in [0, 0.05) is 27.2 Å². The van der Waals surface area contributed by atoms with Gasteiger partial charge in [-0.1, -0.05) is 13.0 Å². The Labute approximate surface area is 172 Å². The van der Waals surface area contributed by atoms with Crippen LogP contribution in [0.5, 0.6) is 0 Å². The quantitative estimate of drug-likeness (QED) is 0.691. The van der Waals surface area contributed by atoms with Crippen LogP contribution in [0.4, 0.5) is 10.7 Å². The molecule has 160 valence electrons. The van der Waals surface area contributed by atoms with Gasteiger partial charge in [-0.15, -0.1) is 0 Å². The normalized spacial score (nSPS) is 12.6. The lowest BCUT2D eigenvalue weighted by atomic mass is 10.1. The number of hydrogen-bond donors (Lipinski definition) is 2. The maximum Gasteiger partial charge on any atom is 0.407 e. The zero-order valence-corrected chi connectivity index (χ0v) is 18.3. The first-order valence-electron chi connectivity index (χ1n) is 9.93. The summed E-state index contributed by atoms with van der Waals surface area (Å²) in [5.74, 6) is 0.612. The Hall–Kier alpha value is -2.77. The molecule has 0 radical (unpaired) electrons. The van der Waals surface area contributed by atoms with Crippen LogP contribution in [0, 0.1) is 5.92 Å². The second kappa shape index (κ2) is 9.15. The molecule has 1 heterocycles. The van der Waals surface area contributed by atoms with E-state index in [0.717, 1.165) is 18.4 Å². The summed E-state index contributed by atoms with van der Waals surface area (Å²) in [6, 6.07) is 5.49. The topological polar surface area (TPSA) is 102 Å². The number of aromatic nitrogens is 2. The highest BCUT2D eigenvalue weighted by molar-refractivity contribution is 6.05. The second-order valence-electron chi connectivity index (χ2n) is 8.63. The third-order valence-electron chi connectivity index (χ3n) is 4.47. The number of imidazole rings is 1. The lowest BCUT2D eigenvalue weighted by Gasteiger charge is -2.20. The van der Waals surface area contributed by atoms with Crippen molar-refractivity contribution in [2.45, 2.75) is 52.7 Å². The van der Waals surface area contributed by atoms with Gasteiger partial charge < -0.3 is 25.3 Å². The van der Waals surface area contributed by atoms with Crippen molar-refractivity contribution in [1.82, 2.24) is 19.8 Å². The number of alkyl carbamates (subject to hydrolysis) is 1. The maximum absolute atomic E-state index is 12.6. The van der Waals surface area contributed by atoms with Crippen molar-refractivity contribution in [3.05, 3.63) is 23.8 Å². The van der Waals surface area contributed by atoms with Crippen LogP contribution in [0.1, 0.15) is 50.9 Å². The van der Waals surface area contributed by atoms with Gasteiger partial charge in [0.25, 0.3) is 5.91 Å². The Kier molecular flexibility index (Phi) is 7.11. The van der Waals surface area contributed by atoms with Crippen LogP contribution in [-0.4, -0.2) is 52.7 Å². The largest absolute Gasteiger partial charge is 0.444 e. The first-order chi connectivity index (χ1) is 13.5. The summed E-state index contributed by atoms with van der Waals surface area (Å²) in [6.45, 7) is 8.82. The van der Waals surface area contributed by atoms with Crippen LogP contribution in [-0.2, 0) is 11.3 Å². The molecular formula is C21H33N5O3. The van der Waals surface area contributed by atoms with Gasteiger partial charge in [0.15, 0.2) is 0 Å². The number of anilines is 1. The highest BCUT2D eigenvalue weighted by Crippen LogP contribution is 2.25. The van der Waals surface area contributed by atoms with Crippen molar-refractivity contribution >= 4 is 29.0 Å². The summed E-state index contributed by atoms with van der Waals surface area (Å²) in [7, 11) is 3.46. The first kappa shape index (κ1) is 22.5. The van der Waals surface area contributed by atoms with E-state index in [-0.39, 0.29) is 11.8 Å². The molecule has 8 nitrogen and oxygen atoms in total. The van der Waals surface area contributed by atoms with Crippen LogP contribution in [0.25, 0.3) is 11.0 Å². The molecule has 8 heteroatoms. The van der Waals surface area contributed by atoms with E-state index in [9.17, 15) is 9.59 Å². The molecule has 2 rings (SSSR count). The number of hydrogen-bond acceptors (Lipinski definition) is 5. The van der Waals surface area contributed by atoms with E-state index in [1.807, 2.05) is 37.5 Å². The number of para-hydroxylation sites is 1. The zero-order chi connectivity index (χ0) is 21.8. The highest BCUT2D eigenvalue weighted by atomic mass is 16.6. The van der Waals surface area contributed by atoms with Gasteiger partial charge in [0.05, 0.1) is 16.6 Å². The number of fused-ring (bicyclic) bond motifs is 1. The summed E-state index contributed by atoms with van der Waals surface area (Å²) in [5, 5.41) is 2.78. The summed E-state index contributed by atoms with van der Waals surface area (Å²) in [5.41, 5.74) is 7.73. The molecule has 0 aliphatic heterocycles. The predicted octanol–water partition coefficient (Wildman–Crippen LogP) is 3.26. The average molecular weight is 404 g/mol. The van der Waals surface area contributed by atoms with Crippen molar-refractivity contribution in [2.24, 2.45) is 5.92 Å². The van der Waals surface area contributed by atoms with Gasteiger partial charge in [-0.05, 0) is 51.7 Å². The SMILES string of the molecule is CC(CCCNC(=O)OC(C)(C)C)Cn1c(N)nc2cccc(C(=O)N(C)C)c21. The smallest absolute Gasteiger partial charge is 0.407 e. The molecule has 29 heavy (non-hydrogen) atoms. The lowest BCUT2D eigenvalue weighted by molar-refractivity contribution is 0.0526. The van der Waals surface area contributed by atoms with Gasteiger partial charge in [-0.3, -0.25) is 4.79 Å². The third-order valence-corrected chi connectivity index (χ3v) is 4.47. The summed E-state index contributed by atoms with van der Waals surface area (Å²) in [6.07, 6.45) is 1.30. The van der Waals surface area contributed by atoms with E-state index in [4.69, 9.17) is 10.5 Å². The minimum absolute atomic E-state index is 0.0778. The Morgan fingerprint density at radius 1 is 1.31 bits per heavy atom. The molecule has 2 amide bonds. The van der Waals surface area contributed by atoms with Crippen molar-refractivity contribution in [3.8, 4) is 0 Å². The van der Waals surface area contributed by atoms with Gasteiger partial charge >= 0.3 is 6.09 Å². The molecule has 0 aliphatic rings. The second-order valence-corrected chi connectivity index (χ2v) is 8.63. The van der Waals surface area contributed by atoms with Gasteiger partial charge in [-0.25, -0.2) is 9.78 Å². The third kappa shape index (κ3) is 6.10. The first-order valence-corrected chi connectivity index (χ1v) is 9.93. The molecule has 0 fully saturated rings. The minimum atomic E-state index is -0.501. The molecule has 0 aliphatic carbocycles. The monoisotopic (exact) mass is 403 g/mol. The minimum Gasteiger partial charge on any atom is -0.444 e. The van der Waals surface area contributed by atoms with E-state index in [1.165, 1.54) is 0 Å². The fourth-order valence-corrected chi connectivity index (χ4v) is 3.16. The van der Waals surface area contributed by atoms with Crippen molar-refractivity contribution in [1.29, 1.82) is 0 Å². The van der Waals surface area contributed by atoms with Crippen LogP contribution in [0.15, 0.2) is 18.2 Å². The number of ether oxygens (including phenoxy) is 1. The van der Waals surface area contributed by atoms with E-state index in [0.29, 0.717) is 30.1 Å². The molecule has 0 saturated carbocycles. The van der Waals surface area contributed by atoms with E-state index < -0.39 is 11.7 Å². The molecule has 1 aromatic carbocycles. The van der Waals surface area contributed by atoms with Crippen molar-refractivity contribution in [3.63, 3.8) is 0 Å². The van der Waals surface area contributed by atoms with Crippen LogP contribution < -0.4 is 11.1 Å². The number of amides is 2. The van der Waals surface area contributed by atoms with Crippen LogP contribution in [0.3, 0.4) is 0 Å². The average Bonchev–Trinajstić information content (AvgIpc) is 2.92. The highest BCUT2D eigenvalue weighted by Gasteiger charge is 2.19. The molecule has 3 N–H and O–H groups in total. The Morgan fingerprint density at radius 3 is 2.62 bits per heavy atom. The number of carbonyl (C=O) groups excluding carboxylic acids is 2. The molecule has 1 aromatic heterocycles. The van der Waals surface area contributed by atoms with Crippen molar-refractivity contribution in [2.75, 3.05) is 26.4 Å². The number of rotatable bonds is 7. The van der Waals surface area contributed by atoms with E-state index in [2.05, 4.69) is 17.2 Å². The number of nitrogens with one attached hydrogen (secondary N) is 1. The Balaban J connectivity index is 2.01. The number of carbonyl (C=O) groups is 2. The Morgan fingerprint density at radius 2 is 2.00 bits per heavy atom. The summed E-state index contributed by atoms with van der Waals surface area (Å²) < 4.78 is 7.15. The van der Waals surface area contributed by atoms with Gasteiger partial charge in [0.1, 0.15) is 5.60 Å². The maximum atomic E-state index is 12.6. The molecule has 1 atom stereocenters. The van der Waals surface area contributed by atoms with Crippen LogP contribution >= 0.6 is 0 Å². The molecule has 0 saturated heterocycles. The fraction of sp³-hybridized carbons (Fsp3) is 0.571. The van der Waals surface area contributed by atoms with Gasteiger partial charge in [0.2, 0.25) is 5.95 Å². The molecular weight excluding hydrogens is 370 g/mol. The number of nitrogens with zero attached hydrogens (tertiary/aromatic N) is 3. The number of benzene rings is 1. The molecule has 0 bridgehead atoms. The molecule has 2 aromatic rings.